The first-order valence-electron chi connectivity index (χ1n) is 9.04. The van der Waals surface area contributed by atoms with Crippen molar-refractivity contribution in [2.45, 2.75) is 6.92 Å². The van der Waals surface area contributed by atoms with Gasteiger partial charge < -0.3 is 9.90 Å². The van der Waals surface area contributed by atoms with Crippen molar-refractivity contribution < 1.29 is 19.5 Å². The molecule has 0 unspecified atom stereocenters. The van der Waals surface area contributed by atoms with E-state index in [1.807, 2.05) is 19.1 Å². The van der Waals surface area contributed by atoms with Crippen LogP contribution in [-0.4, -0.2) is 17.8 Å². The number of anilines is 1. The number of carbonyl (C=O) groups is 3. The van der Waals surface area contributed by atoms with E-state index in [0.29, 0.717) is 28.0 Å². The number of carbonyl (C=O) groups excluding carboxylic acids is 3. The minimum atomic E-state index is -1.26. The molecule has 3 aromatic rings. The van der Waals surface area contributed by atoms with Crippen molar-refractivity contribution in [3.8, 4) is 0 Å². The lowest BCUT2D eigenvalue weighted by molar-refractivity contribution is -0.255. The summed E-state index contributed by atoms with van der Waals surface area (Å²) in [6.45, 7) is 1.85. The van der Waals surface area contributed by atoms with Gasteiger partial charge in [-0.1, -0.05) is 60.7 Å². The van der Waals surface area contributed by atoms with E-state index < -0.39 is 11.9 Å². The van der Waals surface area contributed by atoms with Crippen LogP contribution in [-0.2, 0) is 4.79 Å². The third-order valence-electron chi connectivity index (χ3n) is 4.90. The molecule has 5 nitrogen and oxygen atoms in total. The lowest BCUT2D eigenvalue weighted by Crippen LogP contribution is -2.42. The number of nitrogens with zero attached hydrogens (tertiary/aromatic N) is 1. The van der Waals surface area contributed by atoms with Gasteiger partial charge in [0.15, 0.2) is 0 Å². The summed E-state index contributed by atoms with van der Waals surface area (Å²) in [4.78, 5) is 38.6. The Kier molecular flexibility index (Phi) is 4.56. The maximum atomic E-state index is 13.4. The highest BCUT2D eigenvalue weighted by atomic mass is 16.4. The van der Waals surface area contributed by atoms with Gasteiger partial charge >= 0.3 is 0 Å². The smallest absolute Gasteiger partial charge is 0.265 e. The van der Waals surface area contributed by atoms with Gasteiger partial charge in [0.25, 0.3) is 11.8 Å². The number of rotatable bonds is 3. The van der Waals surface area contributed by atoms with Crippen LogP contribution < -0.4 is 10.0 Å². The molecule has 2 amide bonds. The van der Waals surface area contributed by atoms with Gasteiger partial charge in [-0.3, -0.25) is 9.59 Å². The summed E-state index contributed by atoms with van der Waals surface area (Å²) >= 11 is 0. The molecule has 1 aliphatic heterocycles. The summed E-state index contributed by atoms with van der Waals surface area (Å²) in [5.41, 5.74) is 3.40. The molecule has 0 aliphatic carbocycles. The van der Waals surface area contributed by atoms with Gasteiger partial charge in [-0.25, -0.2) is 4.90 Å². The Hall–Kier alpha value is -3.99. The van der Waals surface area contributed by atoms with E-state index in [0.717, 1.165) is 5.56 Å². The number of aryl methyl sites for hydroxylation is 1. The van der Waals surface area contributed by atoms with Crippen molar-refractivity contribution in [3.63, 3.8) is 0 Å². The first-order chi connectivity index (χ1) is 14.0. The van der Waals surface area contributed by atoms with E-state index in [1.54, 1.807) is 54.6 Å². The number of imide groups is 1. The lowest BCUT2D eigenvalue weighted by Gasteiger charge is -2.29. The summed E-state index contributed by atoms with van der Waals surface area (Å²) in [5.74, 6) is -2.06. The Morgan fingerprint density at radius 1 is 0.828 bits per heavy atom. The van der Waals surface area contributed by atoms with E-state index >= 15 is 0 Å². The summed E-state index contributed by atoms with van der Waals surface area (Å²) in [6.07, 6.45) is 1.66. The number of aromatic carboxylic acids is 1. The van der Waals surface area contributed by atoms with Gasteiger partial charge in [-0.15, -0.1) is 0 Å². The SMILES string of the molecule is Cc1ccccc1N1C(=O)/C(=C\c2ccc(C(=O)[O-])cc2)c2ccccc2C1=O. The fourth-order valence-electron chi connectivity index (χ4n) is 3.41. The molecule has 29 heavy (non-hydrogen) atoms. The van der Waals surface area contributed by atoms with Gasteiger partial charge in [-0.2, -0.15) is 0 Å². The molecule has 0 radical (unpaired) electrons. The van der Waals surface area contributed by atoms with E-state index in [9.17, 15) is 19.5 Å². The van der Waals surface area contributed by atoms with Crippen LogP contribution in [0.5, 0.6) is 0 Å². The molecule has 0 atom stereocenters. The number of fused-ring (bicyclic) bond motifs is 1. The first kappa shape index (κ1) is 18.4. The second kappa shape index (κ2) is 7.20. The molecular weight excluding hydrogens is 366 g/mol. The van der Waals surface area contributed by atoms with Crippen molar-refractivity contribution in [1.29, 1.82) is 0 Å². The third kappa shape index (κ3) is 3.23. The zero-order valence-corrected chi connectivity index (χ0v) is 15.6. The maximum Gasteiger partial charge on any atom is 0.265 e. The van der Waals surface area contributed by atoms with Crippen molar-refractivity contribution >= 4 is 35.1 Å². The standard InChI is InChI=1S/C24H17NO4/c1-15-6-2-5-9-21(15)25-22(26)19-8-4-3-7-18(19)20(23(25)27)14-16-10-12-17(13-11-16)24(28)29/h2-14H,1H3,(H,28,29)/p-1/b20-14-. The zero-order valence-electron chi connectivity index (χ0n) is 15.6. The highest BCUT2D eigenvalue weighted by Gasteiger charge is 2.36. The predicted molar refractivity (Wildman–Crippen MR) is 108 cm³/mol. The zero-order chi connectivity index (χ0) is 20.5. The monoisotopic (exact) mass is 382 g/mol. The number of hydrogen-bond acceptors (Lipinski definition) is 4. The Morgan fingerprint density at radius 2 is 1.45 bits per heavy atom. The molecule has 0 saturated carbocycles. The van der Waals surface area contributed by atoms with Gasteiger partial charge in [0.05, 0.1) is 11.7 Å². The van der Waals surface area contributed by atoms with Crippen LogP contribution in [0.3, 0.4) is 0 Å². The van der Waals surface area contributed by atoms with Crippen LogP contribution in [0.25, 0.3) is 11.6 Å². The van der Waals surface area contributed by atoms with Crippen LogP contribution in [0.1, 0.15) is 37.4 Å². The quantitative estimate of drug-likeness (QED) is 0.515. The average molecular weight is 382 g/mol. The van der Waals surface area contributed by atoms with Crippen molar-refractivity contribution in [1.82, 2.24) is 0 Å². The Morgan fingerprint density at radius 3 is 2.10 bits per heavy atom. The van der Waals surface area contributed by atoms with Gasteiger partial charge in [0.2, 0.25) is 0 Å². The molecule has 1 aliphatic rings. The Labute approximate surface area is 167 Å². The van der Waals surface area contributed by atoms with Crippen LogP contribution in [0, 0.1) is 6.92 Å². The Balaban J connectivity index is 1.87. The minimum absolute atomic E-state index is 0.0548. The molecule has 1 heterocycles. The highest BCUT2D eigenvalue weighted by Crippen LogP contribution is 2.34. The van der Waals surface area contributed by atoms with Gasteiger partial charge in [0, 0.05) is 11.1 Å². The molecule has 4 rings (SSSR count). The molecule has 0 fully saturated rings. The number of carboxylic acid groups (broad SMARTS) is 1. The van der Waals surface area contributed by atoms with Crippen molar-refractivity contribution in [2.75, 3.05) is 4.90 Å². The highest BCUT2D eigenvalue weighted by molar-refractivity contribution is 6.43. The average Bonchev–Trinajstić information content (AvgIpc) is 2.73. The minimum Gasteiger partial charge on any atom is -0.545 e. The molecule has 0 aromatic heterocycles. The number of carboxylic acids is 1. The van der Waals surface area contributed by atoms with Crippen LogP contribution >= 0.6 is 0 Å². The second-order valence-electron chi connectivity index (χ2n) is 6.75. The molecular formula is C24H16NO4-. The molecule has 0 bridgehead atoms. The van der Waals surface area contributed by atoms with Gasteiger partial charge in [0.1, 0.15) is 0 Å². The lowest BCUT2D eigenvalue weighted by atomic mass is 9.91. The molecule has 5 heteroatoms. The normalized spacial score (nSPS) is 14.8. The fraction of sp³-hybridized carbons (Fsp3) is 0.0417. The van der Waals surface area contributed by atoms with Gasteiger partial charge in [-0.05, 0) is 47.4 Å². The maximum absolute atomic E-state index is 13.4. The number of para-hydroxylation sites is 1. The third-order valence-corrected chi connectivity index (χ3v) is 4.90. The van der Waals surface area contributed by atoms with Crippen molar-refractivity contribution in [2.24, 2.45) is 0 Å². The molecule has 142 valence electrons. The molecule has 0 spiro atoms. The first-order valence-corrected chi connectivity index (χ1v) is 9.04. The number of hydrogen-bond donors (Lipinski definition) is 0. The number of benzene rings is 3. The molecule has 0 N–H and O–H groups in total. The number of amides is 2. The fourth-order valence-corrected chi connectivity index (χ4v) is 3.41. The summed E-state index contributed by atoms with van der Waals surface area (Å²) in [5, 5.41) is 11.0. The van der Waals surface area contributed by atoms with E-state index in [1.165, 1.54) is 17.0 Å². The summed E-state index contributed by atoms with van der Waals surface area (Å²) in [7, 11) is 0. The topological polar surface area (TPSA) is 77.5 Å². The Bertz CT molecular complexity index is 1180. The van der Waals surface area contributed by atoms with Crippen LogP contribution in [0.2, 0.25) is 0 Å². The van der Waals surface area contributed by atoms with E-state index in [4.69, 9.17) is 0 Å². The second-order valence-corrected chi connectivity index (χ2v) is 6.75. The largest absolute Gasteiger partial charge is 0.545 e. The van der Waals surface area contributed by atoms with Crippen LogP contribution in [0.15, 0.2) is 72.8 Å². The van der Waals surface area contributed by atoms with E-state index in [2.05, 4.69) is 0 Å². The van der Waals surface area contributed by atoms with Crippen molar-refractivity contribution in [3.05, 3.63) is 101 Å². The molecule has 0 saturated heterocycles. The summed E-state index contributed by atoms with van der Waals surface area (Å²) in [6, 6.07) is 20.2. The van der Waals surface area contributed by atoms with Crippen LogP contribution in [0.4, 0.5) is 5.69 Å². The summed E-state index contributed by atoms with van der Waals surface area (Å²) < 4.78 is 0. The van der Waals surface area contributed by atoms with E-state index in [-0.39, 0.29) is 11.5 Å². The predicted octanol–water partition coefficient (Wildman–Crippen LogP) is 3.09. The molecule has 3 aromatic carbocycles.